The Hall–Kier alpha value is -0.950. The Morgan fingerprint density at radius 1 is 1.75 bits per heavy atom. The summed E-state index contributed by atoms with van der Waals surface area (Å²) in [5.74, 6) is 2.35. The van der Waals surface area contributed by atoms with Gasteiger partial charge in [-0.25, -0.2) is 0 Å². The van der Waals surface area contributed by atoms with E-state index in [0.717, 1.165) is 5.75 Å². The molecule has 3 nitrogen and oxygen atoms in total. The van der Waals surface area contributed by atoms with Crippen molar-refractivity contribution in [2.24, 2.45) is 0 Å². The molecule has 1 aromatic rings. The average Bonchev–Trinajstić information content (AvgIpc) is 2.75. The van der Waals surface area contributed by atoms with Crippen molar-refractivity contribution < 1.29 is 0 Å². The zero-order chi connectivity index (χ0) is 8.39. The van der Waals surface area contributed by atoms with Crippen LogP contribution < -0.4 is 0 Å². The highest BCUT2D eigenvalue weighted by molar-refractivity contribution is 7.99. The van der Waals surface area contributed by atoms with Gasteiger partial charge in [0.25, 0.3) is 0 Å². The molecule has 1 aliphatic rings. The van der Waals surface area contributed by atoms with Gasteiger partial charge < -0.3 is 0 Å². The largest absolute Gasteiger partial charge is 0.267 e. The molecule has 0 aromatic carbocycles. The molecule has 1 unspecified atom stereocenters. The van der Waals surface area contributed by atoms with E-state index in [2.05, 4.69) is 11.2 Å². The van der Waals surface area contributed by atoms with E-state index in [1.54, 1.807) is 6.20 Å². The Kier molecular flexibility index (Phi) is 2.05. The Labute approximate surface area is 75.4 Å². The van der Waals surface area contributed by atoms with Crippen molar-refractivity contribution in [3.8, 4) is 6.07 Å². The van der Waals surface area contributed by atoms with Crippen molar-refractivity contribution in [3.63, 3.8) is 0 Å². The van der Waals surface area contributed by atoms with Crippen LogP contribution in [0.3, 0.4) is 0 Å². The van der Waals surface area contributed by atoms with Crippen LogP contribution in [0, 0.1) is 11.3 Å². The van der Waals surface area contributed by atoms with Crippen molar-refractivity contribution >= 4 is 11.8 Å². The smallest absolute Gasteiger partial charge is 0.102 e. The molecule has 4 heteroatoms. The first kappa shape index (κ1) is 7.69. The monoisotopic (exact) mass is 179 g/mol. The summed E-state index contributed by atoms with van der Waals surface area (Å²) in [6, 6.07) is 2.59. The minimum atomic E-state index is 0.511. The van der Waals surface area contributed by atoms with Gasteiger partial charge in [0.1, 0.15) is 6.07 Å². The van der Waals surface area contributed by atoms with E-state index in [1.807, 2.05) is 22.6 Å². The Balaban J connectivity index is 2.17. The van der Waals surface area contributed by atoms with Gasteiger partial charge in [0.15, 0.2) is 0 Å². The van der Waals surface area contributed by atoms with Gasteiger partial charge in [-0.1, -0.05) is 0 Å². The Morgan fingerprint density at radius 3 is 3.25 bits per heavy atom. The minimum absolute atomic E-state index is 0.511. The molecule has 12 heavy (non-hydrogen) atoms. The number of aromatic nitrogens is 2. The van der Waals surface area contributed by atoms with Crippen molar-refractivity contribution in [3.05, 3.63) is 18.0 Å². The highest BCUT2D eigenvalue weighted by Crippen LogP contribution is 2.27. The quantitative estimate of drug-likeness (QED) is 0.655. The summed E-state index contributed by atoms with van der Waals surface area (Å²) in [5, 5.41) is 12.7. The van der Waals surface area contributed by atoms with Crippen LogP contribution in [-0.2, 0) is 0 Å². The van der Waals surface area contributed by atoms with Crippen molar-refractivity contribution in [1.29, 1.82) is 5.26 Å². The predicted molar refractivity (Wildman–Crippen MR) is 47.9 cm³/mol. The average molecular weight is 179 g/mol. The fourth-order valence-electron chi connectivity index (χ4n) is 1.33. The number of rotatable bonds is 1. The lowest BCUT2D eigenvalue weighted by Crippen LogP contribution is -2.07. The lowest BCUT2D eigenvalue weighted by molar-refractivity contribution is 0.502. The Bertz CT molecular complexity index is 306. The lowest BCUT2D eigenvalue weighted by Gasteiger charge is -2.06. The van der Waals surface area contributed by atoms with E-state index in [1.165, 1.54) is 12.2 Å². The van der Waals surface area contributed by atoms with Crippen LogP contribution in [0.2, 0.25) is 0 Å². The number of hydrogen-bond donors (Lipinski definition) is 0. The van der Waals surface area contributed by atoms with Gasteiger partial charge in [-0.05, 0) is 12.2 Å². The van der Waals surface area contributed by atoms with E-state index in [-0.39, 0.29) is 0 Å². The molecule has 1 fully saturated rings. The standard InChI is InChI=1S/C8H9N3S/c9-3-7-4-10-11(5-7)8-1-2-12-6-8/h4-5,8H,1-2,6H2. The van der Waals surface area contributed by atoms with E-state index >= 15 is 0 Å². The molecule has 0 amide bonds. The minimum Gasteiger partial charge on any atom is -0.267 e. The van der Waals surface area contributed by atoms with Gasteiger partial charge in [0.05, 0.1) is 17.8 Å². The lowest BCUT2D eigenvalue weighted by atomic mass is 10.3. The SMILES string of the molecule is N#Cc1cnn(C2CCSC2)c1. The molecule has 0 N–H and O–H groups in total. The summed E-state index contributed by atoms with van der Waals surface area (Å²) >= 11 is 1.95. The fourth-order valence-corrected chi connectivity index (χ4v) is 2.52. The normalized spacial score (nSPS) is 22.4. The Morgan fingerprint density at radius 2 is 2.67 bits per heavy atom. The highest BCUT2D eigenvalue weighted by atomic mass is 32.2. The maximum absolute atomic E-state index is 8.59. The van der Waals surface area contributed by atoms with Crippen LogP contribution in [0.5, 0.6) is 0 Å². The van der Waals surface area contributed by atoms with E-state index in [9.17, 15) is 0 Å². The van der Waals surface area contributed by atoms with Gasteiger partial charge in [0, 0.05) is 11.9 Å². The summed E-state index contributed by atoms with van der Waals surface area (Å²) in [6.45, 7) is 0. The van der Waals surface area contributed by atoms with Crippen LogP contribution in [-0.4, -0.2) is 21.3 Å². The second-order valence-electron chi connectivity index (χ2n) is 2.84. The molecular formula is C8H9N3S. The zero-order valence-electron chi connectivity index (χ0n) is 6.60. The molecule has 1 atom stereocenters. The molecule has 1 aromatic heterocycles. The molecule has 0 saturated carbocycles. The van der Waals surface area contributed by atoms with Gasteiger partial charge >= 0.3 is 0 Å². The van der Waals surface area contributed by atoms with E-state index < -0.39 is 0 Å². The van der Waals surface area contributed by atoms with Gasteiger partial charge in [0.2, 0.25) is 0 Å². The molecule has 0 aliphatic carbocycles. The summed E-state index contributed by atoms with van der Waals surface area (Å²) in [7, 11) is 0. The van der Waals surface area contributed by atoms with Crippen LogP contribution in [0.25, 0.3) is 0 Å². The molecule has 0 spiro atoms. The molecule has 2 rings (SSSR count). The third-order valence-electron chi connectivity index (χ3n) is 2.01. The van der Waals surface area contributed by atoms with E-state index in [0.29, 0.717) is 11.6 Å². The van der Waals surface area contributed by atoms with Crippen LogP contribution in [0.15, 0.2) is 12.4 Å². The highest BCUT2D eigenvalue weighted by Gasteiger charge is 2.17. The van der Waals surface area contributed by atoms with Crippen molar-refractivity contribution in [1.82, 2.24) is 9.78 Å². The number of nitrogens with zero attached hydrogens (tertiary/aromatic N) is 3. The molecule has 2 heterocycles. The number of nitriles is 1. The first-order valence-corrected chi connectivity index (χ1v) is 5.07. The summed E-state index contributed by atoms with van der Waals surface area (Å²) < 4.78 is 1.92. The molecule has 1 aliphatic heterocycles. The summed E-state index contributed by atoms with van der Waals surface area (Å²) in [6.07, 6.45) is 4.64. The van der Waals surface area contributed by atoms with Crippen molar-refractivity contribution in [2.45, 2.75) is 12.5 Å². The third-order valence-corrected chi connectivity index (χ3v) is 3.16. The zero-order valence-corrected chi connectivity index (χ0v) is 7.42. The second-order valence-corrected chi connectivity index (χ2v) is 3.99. The van der Waals surface area contributed by atoms with Crippen LogP contribution in [0.4, 0.5) is 0 Å². The van der Waals surface area contributed by atoms with E-state index in [4.69, 9.17) is 5.26 Å². The van der Waals surface area contributed by atoms with Gasteiger partial charge in [-0.15, -0.1) is 0 Å². The molecule has 0 radical (unpaired) electrons. The molecule has 62 valence electrons. The third kappa shape index (κ3) is 1.32. The van der Waals surface area contributed by atoms with Gasteiger partial charge in [-0.3, -0.25) is 4.68 Å². The fraction of sp³-hybridized carbons (Fsp3) is 0.500. The maximum atomic E-state index is 8.59. The molecule has 1 saturated heterocycles. The summed E-state index contributed by atoms with van der Waals surface area (Å²) in [4.78, 5) is 0. The first-order valence-electron chi connectivity index (χ1n) is 3.92. The summed E-state index contributed by atoms with van der Waals surface area (Å²) in [5.41, 5.74) is 0.659. The number of thioether (sulfide) groups is 1. The number of hydrogen-bond acceptors (Lipinski definition) is 3. The van der Waals surface area contributed by atoms with Crippen LogP contribution >= 0.6 is 11.8 Å². The second kappa shape index (κ2) is 3.20. The first-order chi connectivity index (χ1) is 5.90. The predicted octanol–water partition coefficient (Wildman–Crippen LogP) is 1.43. The van der Waals surface area contributed by atoms with Crippen LogP contribution in [0.1, 0.15) is 18.0 Å². The molecular weight excluding hydrogens is 170 g/mol. The molecule has 0 bridgehead atoms. The van der Waals surface area contributed by atoms with Crippen molar-refractivity contribution in [2.75, 3.05) is 11.5 Å². The van der Waals surface area contributed by atoms with Gasteiger partial charge in [-0.2, -0.15) is 22.1 Å². The topological polar surface area (TPSA) is 41.6 Å². The maximum Gasteiger partial charge on any atom is 0.102 e.